The fraction of sp³-hybridized carbons (Fsp3) is 0.185. The third-order valence-electron chi connectivity index (χ3n) is 13.4. The molecule has 1 aromatic heterocycles. The first-order chi connectivity index (χ1) is 27.3. The topological polar surface area (TPSA) is 3.24 Å². The van der Waals surface area contributed by atoms with Gasteiger partial charge in [-0.1, -0.05) is 144 Å². The summed E-state index contributed by atoms with van der Waals surface area (Å²) < 4.78 is 2.65. The average molecular weight is 742 g/mol. The third-order valence-corrected chi connectivity index (χ3v) is 14.6. The molecule has 0 aliphatic heterocycles. The van der Waals surface area contributed by atoms with Crippen molar-refractivity contribution in [1.82, 2.24) is 0 Å². The average Bonchev–Trinajstić information content (AvgIpc) is 3.73. The van der Waals surface area contributed by atoms with Crippen molar-refractivity contribution in [1.29, 1.82) is 0 Å². The lowest BCUT2D eigenvalue weighted by molar-refractivity contribution is 0.382. The fourth-order valence-corrected chi connectivity index (χ4v) is 11.2. The Hall–Kier alpha value is -5.70. The lowest BCUT2D eigenvalue weighted by Gasteiger charge is -2.33. The second kappa shape index (κ2) is 13.2. The zero-order valence-corrected chi connectivity index (χ0v) is 33.8. The van der Waals surface area contributed by atoms with Gasteiger partial charge in [-0.3, -0.25) is 0 Å². The van der Waals surface area contributed by atoms with Crippen LogP contribution in [0.4, 0.5) is 17.1 Å². The molecule has 8 aromatic carbocycles. The summed E-state index contributed by atoms with van der Waals surface area (Å²) in [5.41, 5.74) is 13.0. The van der Waals surface area contributed by atoms with E-state index in [0.717, 1.165) is 19.3 Å². The molecule has 9 aromatic rings. The Morgan fingerprint density at radius 2 is 1.12 bits per heavy atom. The third kappa shape index (κ3) is 5.19. The van der Waals surface area contributed by atoms with Crippen molar-refractivity contribution in [3.05, 3.63) is 174 Å². The van der Waals surface area contributed by atoms with Crippen LogP contribution in [0.3, 0.4) is 0 Å². The molecule has 2 heteroatoms. The maximum atomic E-state index is 2.54. The van der Waals surface area contributed by atoms with E-state index >= 15 is 0 Å². The van der Waals surface area contributed by atoms with Gasteiger partial charge in [0.15, 0.2) is 0 Å². The molecule has 0 unspecified atom stereocenters. The van der Waals surface area contributed by atoms with Crippen LogP contribution in [0, 0.1) is 0 Å². The molecule has 10 rings (SSSR count). The minimum atomic E-state index is -0.103. The largest absolute Gasteiger partial charge is 0.310 e. The molecule has 0 saturated carbocycles. The standard InChI is InChI=1S/C54H47NS/c1-6-54(7-2,8-3)38-25-27-39(28-26-38)55(40-29-30-47-46(34-40)45-32-36-17-9-10-18-37(36)33-48(45)53(47,4)5)49-31-24-35-16-11-12-19-41(35)51(49)44-22-15-21-43-42-20-13-14-23-50(42)56-52(43)44/h9-34H,6-8H2,1-5H3. The van der Waals surface area contributed by atoms with Crippen LogP contribution in [-0.4, -0.2) is 0 Å². The van der Waals surface area contributed by atoms with E-state index in [1.165, 1.54) is 97.7 Å². The Kier molecular flexibility index (Phi) is 8.20. The van der Waals surface area contributed by atoms with Crippen molar-refractivity contribution in [3.63, 3.8) is 0 Å². The van der Waals surface area contributed by atoms with Crippen LogP contribution in [0.25, 0.3) is 64.0 Å². The lowest BCUT2D eigenvalue weighted by atomic mass is 9.74. The van der Waals surface area contributed by atoms with E-state index in [-0.39, 0.29) is 10.8 Å². The van der Waals surface area contributed by atoms with E-state index in [9.17, 15) is 0 Å². The molecule has 274 valence electrons. The highest BCUT2D eigenvalue weighted by atomic mass is 32.1. The minimum Gasteiger partial charge on any atom is -0.310 e. The zero-order valence-electron chi connectivity index (χ0n) is 33.0. The van der Waals surface area contributed by atoms with Crippen LogP contribution in [0.1, 0.15) is 70.6 Å². The molecule has 0 fully saturated rings. The van der Waals surface area contributed by atoms with Crippen LogP contribution < -0.4 is 4.90 Å². The highest BCUT2D eigenvalue weighted by molar-refractivity contribution is 7.26. The van der Waals surface area contributed by atoms with Gasteiger partial charge >= 0.3 is 0 Å². The summed E-state index contributed by atoms with van der Waals surface area (Å²) in [6, 6.07) is 59.8. The van der Waals surface area contributed by atoms with Crippen LogP contribution in [-0.2, 0) is 10.8 Å². The Morgan fingerprint density at radius 1 is 0.500 bits per heavy atom. The molecule has 1 nitrogen and oxygen atoms in total. The van der Waals surface area contributed by atoms with Crippen LogP contribution in [0.2, 0.25) is 0 Å². The van der Waals surface area contributed by atoms with Crippen molar-refractivity contribution in [2.75, 3.05) is 4.90 Å². The van der Waals surface area contributed by atoms with Crippen molar-refractivity contribution < 1.29 is 0 Å². The summed E-state index contributed by atoms with van der Waals surface area (Å²) in [5, 5.41) is 7.73. The maximum absolute atomic E-state index is 2.54. The van der Waals surface area contributed by atoms with E-state index in [2.05, 4.69) is 197 Å². The molecule has 1 heterocycles. The Bertz CT molecular complexity index is 2950. The summed E-state index contributed by atoms with van der Waals surface area (Å²) in [4.78, 5) is 2.54. The van der Waals surface area contributed by atoms with Gasteiger partial charge in [-0.2, -0.15) is 0 Å². The molecule has 1 aliphatic carbocycles. The molecule has 0 spiro atoms. The first-order valence-electron chi connectivity index (χ1n) is 20.4. The van der Waals surface area contributed by atoms with Gasteiger partial charge in [0, 0.05) is 48.1 Å². The van der Waals surface area contributed by atoms with Gasteiger partial charge in [-0.25, -0.2) is 0 Å². The quantitative estimate of drug-likeness (QED) is 0.150. The maximum Gasteiger partial charge on any atom is 0.0547 e. The van der Waals surface area contributed by atoms with Gasteiger partial charge in [0.05, 0.1) is 5.69 Å². The first-order valence-corrected chi connectivity index (χ1v) is 21.2. The van der Waals surface area contributed by atoms with Crippen LogP contribution in [0.5, 0.6) is 0 Å². The monoisotopic (exact) mass is 741 g/mol. The summed E-state index contributed by atoms with van der Waals surface area (Å²) in [5.74, 6) is 0. The molecule has 0 saturated heterocycles. The van der Waals surface area contributed by atoms with Crippen molar-refractivity contribution in [3.8, 4) is 22.3 Å². The minimum absolute atomic E-state index is 0.103. The van der Waals surface area contributed by atoms with Gasteiger partial charge in [-0.05, 0) is 123 Å². The predicted octanol–water partition coefficient (Wildman–Crippen LogP) is 16.3. The molecule has 0 atom stereocenters. The number of benzene rings is 8. The van der Waals surface area contributed by atoms with E-state index in [4.69, 9.17) is 0 Å². The zero-order chi connectivity index (χ0) is 38.2. The fourth-order valence-electron chi connectivity index (χ4n) is 9.99. The smallest absolute Gasteiger partial charge is 0.0547 e. The number of hydrogen-bond donors (Lipinski definition) is 0. The molecule has 0 amide bonds. The second-order valence-electron chi connectivity index (χ2n) is 16.3. The van der Waals surface area contributed by atoms with E-state index in [1.54, 1.807) is 0 Å². The SMILES string of the molecule is CCC(CC)(CC)c1ccc(N(c2ccc3c(c2)-c2cc4ccccc4cc2C3(C)C)c2ccc3ccccc3c2-c2cccc3c2sc2ccccc23)cc1. The number of thiophene rings is 1. The second-order valence-corrected chi connectivity index (χ2v) is 17.3. The number of rotatable bonds is 8. The van der Waals surface area contributed by atoms with Crippen LogP contribution >= 0.6 is 11.3 Å². The van der Waals surface area contributed by atoms with Crippen LogP contribution in [0.15, 0.2) is 158 Å². The summed E-state index contributed by atoms with van der Waals surface area (Å²) in [7, 11) is 0. The number of fused-ring (bicyclic) bond motifs is 8. The van der Waals surface area contributed by atoms with Gasteiger partial charge in [0.2, 0.25) is 0 Å². The number of hydrogen-bond acceptors (Lipinski definition) is 2. The van der Waals surface area contributed by atoms with Crippen molar-refractivity contribution >= 4 is 70.1 Å². The molecule has 0 bridgehead atoms. The van der Waals surface area contributed by atoms with E-state index in [0.29, 0.717) is 0 Å². The van der Waals surface area contributed by atoms with Crippen molar-refractivity contribution in [2.24, 2.45) is 0 Å². The molecule has 0 radical (unpaired) electrons. The Labute approximate surface area is 334 Å². The molecule has 56 heavy (non-hydrogen) atoms. The highest BCUT2D eigenvalue weighted by Crippen LogP contribution is 2.54. The van der Waals surface area contributed by atoms with Gasteiger partial charge in [-0.15, -0.1) is 11.3 Å². The Balaban J connectivity index is 1.26. The first kappa shape index (κ1) is 34.8. The molecule has 0 N–H and O–H groups in total. The van der Waals surface area contributed by atoms with Gasteiger partial charge in [0.1, 0.15) is 0 Å². The normalized spacial score (nSPS) is 13.4. The summed E-state index contributed by atoms with van der Waals surface area (Å²) in [6.07, 6.45) is 3.39. The van der Waals surface area contributed by atoms with E-state index in [1.807, 2.05) is 11.3 Å². The van der Waals surface area contributed by atoms with Crippen molar-refractivity contribution in [2.45, 2.75) is 64.7 Å². The van der Waals surface area contributed by atoms with E-state index < -0.39 is 0 Å². The predicted molar refractivity (Wildman–Crippen MR) is 245 cm³/mol. The highest BCUT2D eigenvalue weighted by Gasteiger charge is 2.36. The molecular formula is C54H47NS. The van der Waals surface area contributed by atoms with Gasteiger partial charge in [0.25, 0.3) is 0 Å². The lowest BCUT2D eigenvalue weighted by Crippen LogP contribution is -2.23. The summed E-state index contributed by atoms with van der Waals surface area (Å²) >= 11 is 1.91. The van der Waals surface area contributed by atoms with Gasteiger partial charge < -0.3 is 4.90 Å². The molecular weight excluding hydrogens is 695 g/mol. The Morgan fingerprint density at radius 3 is 1.88 bits per heavy atom. The number of anilines is 3. The number of nitrogens with zero attached hydrogens (tertiary/aromatic N) is 1. The molecule has 1 aliphatic rings. The summed E-state index contributed by atoms with van der Waals surface area (Å²) in [6.45, 7) is 11.8.